The third kappa shape index (κ3) is 10.0. The molecule has 0 spiro atoms. The summed E-state index contributed by atoms with van der Waals surface area (Å²) in [5.41, 5.74) is 9.02. The molecule has 3 aromatic carbocycles. The molecule has 3 atom stereocenters. The molecule has 11 nitrogen and oxygen atoms in total. The number of methoxy groups -OCH3 is 1. The first kappa shape index (κ1) is 36.5. The van der Waals surface area contributed by atoms with E-state index in [4.69, 9.17) is 10.5 Å². The van der Waals surface area contributed by atoms with Gasteiger partial charge in [0.15, 0.2) is 0 Å². The Labute approximate surface area is 273 Å². The SMILES string of the molecule is CC.COc1cc(O)ccc1CC(N)C(=O)N1Cc2ccccc2CC1C(=O)NCCCCC(NC(=O)c1ccc(F)cc1)C(=O)O. The van der Waals surface area contributed by atoms with Crippen molar-refractivity contribution in [1.82, 2.24) is 15.5 Å². The molecule has 0 saturated carbocycles. The van der Waals surface area contributed by atoms with E-state index in [1.54, 1.807) is 6.07 Å². The molecule has 0 radical (unpaired) electrons. The van der Waals surface area contributed by atoms with E-state index < -0.39 is 41.7 Å². The summed E-state index contributed by atoms with van der Waals surface area (Å²) in [6, 6.07) is 14.0. The number of halogens is 1. The van der Waals surface area contributed by atoms with E-state index in [1.165, 1.54) is 36.3 Å². The number of unbranched alkanes of at least 4 members (excludes halogenated alkanes) is 1. The third-order valence-electron chi connectivity index (χ3n) is 7.79. The zero-order chi connectivity index (χ0) is 34.5. The maximum absolute atomic E-state index is 13.6. The van der Waals surface area contributed by atoms with Gasteiger partial charge in [-0.1, -0.05) is 44.2 Å². The highest BCUT2D eigenvalue weighted by Gasteiger charge is 2.36. The number of aromatic hydroxyl groups is 1. The van der Waals surface area contributed by atoms with Crippen LogP contribution in [0, 0.1) is 5.82 Å². The van der Waals surface area contributed by atoms with Crippen molar-refractivity contribution in [3.63, 3.8) is 0 Å². The molecule has 1 heterocycles. The number of fused-ring (bicyclic) bond motifs is 1. The van der Waals surface area contributed by atoms with Crippen LogP contribution in [0.1, 0.15) is 60.2 Å². The lowest BCUT2D eigenvalue weighted by molar-refractivity contribution is -0.142. The Morgan fingerprint density at radius 1 is 1.02 bits per heavy atom. The number of nitrogens with zero attached hydrogens (tertiary/aromatic N) is 1. The number of rotatable bonds is 13. The van der Waals surface area contributed by atoms with Gasteiger partial charge in [0.05, 0.1) is 13.2 Å². The van der Waals surface area contributed by atoms with Crippen LogP contribution in [-0.2, 0) is 33.8 Å². The molecule has 0 aliphatic carbocycles. The van der Waals surface area contributed by atoms with Gasteiger partial charge in [-0.3, -0.25) is 14.4 Å². The molecule has 3 amide bonds. The molecule has 0 aromatic heterocycles. The van der Waals surface area contributed by atoms with Crippen molar-refractivity contribution >= 4 is 23.7 Å². The molecule has 3 aromatic rings. The fraction of sp³-hybridized carbons (Fsp3) is 0.371. The van der Waals surface area contributed by atoms with E-state index in [2.05, 4.69) is 10.6 Å². The number of aliphatic carboxylic acids is 1. The molecule has 0 saturated heterocycles. The first-order chi connectivity index (χ1) is 22.6. The van der Waals surface area contributed by atoms with Crippen molar-refractivity contribution in [2.24, 2.45) is 5.73 Å². The Morgan fingerprint density at radius 3 is 2.36 bits per heavy atom. The normalized spacial score (nSPS) is 14.8. The summed E-state index contributed by atoms with van der Waals surface area (Å²) in [5, 5.41) is 24.6. The molecule has 1 aliphatic rings. The van der Waals surface area contributed by atoms with Gasteiger partial charge in [-0.15, -0.1) is 0 Å². The minimum atomic E-state index is -1.20. The Bertz CT molecular complexity index is 1530. The average Bonchev–Trinajstić information content (AvgIpc) is 3.08. The van der Waals surface area contributed by atoms with Gasteiger partial charge in [0.1, 0.15) is 29.4 Å². The molecular weight excluding hydrogens is 607 g/mol. The highest BCUT2D eigenvalue weighted by atomic mass is 19.1. The first-order valence-electron chi connectivity index (χ1n) is 15.6. The summed E-state index contributed by atoms with van der Waals surface area (Å²) in [4.78, 5) is 52.6. The lowest BCUT2D eigenvalue weighted by Gasteiger charge is -2.37. The molecule has 3 unspecified atom stereocenters. The summed E-state index contributed by atoms with van der Waals surface area (Å²) in [5.74, 6) is -2.67. The van der Waals surface area contributed by atoms with Gasteiger partial charge in [0.2, 0.25) is 11.8 Å². The van der Waals surface area contributed by atoms with Crippen molar-refractivity contribution in [2.45, 2.75) is 70.6 Å². The summed E-state index contributed by atoms with van der Waals surface area (Å²) in [6.07, 6.45) is 1.38. The number of carbonyl (C=O) groups excluding carboxylic acids is 3. The smallest absolute Gasteiger partial charge is 0.326 e. The molecular formula is C35H43FN4O7. The van der Waals surface area contributed by atoms with Crippen molar-refractivity contribution in [3.8, 4) is 11.5 Å². The van der Waals surface area contributed by atoms with Gasteiger partial charge in [-0.05, 0) is 66.3 Å². The van der Waals surface area contributed by atoms with E-state index in [-0.39, 0.29) is 43.2 Å². The van der Waals surface area contributed by atoms with Crippen LogP contribution in [0.2, 0.25) is 0 Å². The molecule has 6 N–H and O–H groups in total. The van der Waals surface area contributed by atoms with Crippen LogP contribution in [0.15, 0.2) is 66.7 Å². The minimum Gasteiger partial charge on any atom is -0.508 e. The zero-order valence-electron chi connectivity index (χ0n) is 26.9. The van der Waals surface area contributed by atoms with Crippen LogP contribution in [0.4, 0.5) is 4.39 Å². The number of phenolic OH excluding ortho intramolecular Hbond substituents is 1. The fourth-order valence-electron chi connectivity index (χ4n) is 5.33. The Hall–Kier alpha value is -4.97. The molecule has 1 aliphatic heterocycles. The number of ether oxygens (including phenoxy) is 1. The van der Waals surface area contributed by atoms with E-state index in [9.17, 15) is 33.8 Å². The quantitative estimate of drug-likeness (QED) is 0.175. The van der Waals surface area contributed by atoms with E-state index in [0.29, 0.717) is 30.6 Å². The summed E-state index contributed by atoms with van der Waals surface area (Å²) in [6.45, 7) is 4.44. The third-order valence-corrected chi connectivity index (χ3v) is 7.79. The topological polar surface area (TPSA) is 171 Å². The predicted molar refractivity (Wildman–Crippen MR) is 174 cm³/mol. The van der Waals surface area contributed by atoms with Gasteiger partial charge in [-0.25, -0.2) is 9.18 Å². The largest absolute Gasteiger partial charge is 0.508 e. The highest BCUT2D eigenvalue weighted by molar-refractivity contribution is 5.96. The van der Waals surface area contributed by atoms with Crippen molar-refractivity contribution < 1.29 is 38.5 Å². The number of nitrogens with one attached hydrogen (secondary N) is 2. The number of carboxylic acid groups (broad SMARTS) is 1. The number of hydrogen-bond donors (Lipinski definition) is 5. The molecule has 12 heteroatoms. The van der Waals surface area contributed by atoms with Crippen LogP contribution in [-0.4, -0.2) is 70.6 Å². The molecule has 0 bridgehead atoms. The standard InChI is InChI=1S/C33H37FN4O7.C2H6/c1-45-29-18-25(39)14-11-22(29)16-26(35)32(42)38-19-23-7-3-2-6-21(23)17-28(38)31(41)36-15-5-4-8-27(33(43)44)37-30(40)20-9-12-24(34)13-10-20;1-2/h2-3,6-7,9-14,18,26-28,39H,4-5,8,15-17,19,35H2,1H3,(H,36,41)(H,37,40)(H,43,44);1-2H3. The van der Waals surface area contributed by atoms with E-state index in [1.807, 2.05) is 38.1 Å². The number of phenols is 1. The molecule has 0 fully saturated rings. The number of carboxylic acids is 1. The monoisotopic (exact) mass is 650 g/mol. The number of carbonyl (C=O) groups is 4. The molecule has 47 heavy (non-hydrogen) atoms. The number of nitrogens with two attached hydrogens (primary N) is 1. The summed E-state index contributed by atoms with van der Waals surface area (Å²) in [7, 11) is 1.46. The van der Waals surface area contributed by atoms with Crippen molar-refractivity contribution in [2.75, 3.05) is 13.7 Å². The van der Waals surface area contributed by atoms with Crippen molar-refractivity contribution in [1.29, 1.82) is 0 Å². The van der Waals surface area contributed by atoms with Crippen LogP contribution in [0.3, 0.4) is 0 Å². The predicted octanol–water partition coefficient (Wildman–Crippen LogP) is 3.56. The van der Waals surface area contributed by atoms with Gasteiger partial charge < -0.3 is 36.2 Å². The van der Waals surface area contributed by atoms with Crippen molar-refractivity contribution in [3.05, 3.63) is 94.8 Å². The fourth-order valence-corrected chi connectivity index (χ4v) is 5.33. The Morgan fingerprint density at radius 2 is 1.70 bits per heavy atom. The number of benzene rings is 3. The Balaban J connectivity index is 0.00000294. The van der Waals surface area contributed by atoms with E-state index >= 15 is 0 Å². The van der Waals surface area contributed by atoms with Crippen LogP contribution in [0.5, 0.6) is 11.5 Å². The maximum Gasteiger partial charge on any atom is 0.326 e. The number of hydrogen-bond acceptors (Lipinski definition) is 7. The second kappa shape index (κ2) is 17.7. The zero-order valence-corrected chi connectivity index (χ0v) is 26.9. The maximum atomic E-state index is 13.6. The second-order valence-electron chi connectivity index (χ2n) is 10.9. The first-order valence-corrected chi connectivity index (χ1v) is 15.6. The van der Waals surface area contributed by atoms with Gasteiger partial charge in [0.25, 0.3) is 5.91 Å². The van der Waals surface area contributed by atoms with Gasteiger partial charge in [-0.2, -0.15) is 0 Å². The van der Waals surface area contributed by atoms with Gasteiger partial charge in [0, 0.05) is 37.6 Å². The lowest BCUT2D eigenvalue weighted by atomic mass is 9.92. The van der Waals surface area contributed by atoms with Gasteiger partial charge >= 0.3 is 5.97 Å². The summed E-state index contributed by atoms with van der Waals surface area (Å²) < 4.78 is 18.5. The summed E-state index contributed by atoms with van der Waals surface area (Å²) >= 11 is 0. The molecule has 252 valence electrons. The lowest BCUT2D eigenvalue weighted by Crippen LogP contribution is -2.56. The Kier molecular flexibility index (Phi) is 13.7. The number of amides is 3. The van der Waals surface area contributed by atoms with Crippen LogP contribution in [0.25, 0.3) is 0 Å². The average molecular weight is 651 g/mol. The molecule has 4 rings (SSSR count). The second-order valence-corrected chi connectivity index (χ2v) is 10.9. The minimum absolute atomic E-state index is 0.0214. The van der Waals surface area contributed by atoms with Crippen LogP contribution >= 0.6 is 0 Å². The van der Waals surface area contributed by atoms with Crippen LogP contribution < -0.4 is 21.1 Å². The highest BCUT2D eigenvalue weighted by Crippen LogP contribution is 2.27. The van der Waals surface area contributed by atoms with E-state index in [0.717, 1.165) is 23.3 Å².